The molecule has 1 aromatic carbocycles. The topological polar surface area (TPSA) is 115 Å². The molecule has 0 radical (unpaired) electrons. The molecule has 2 N–H and O–H groups in total. The average Bonchev–Trinajstić information content (AvgIpc) is 3.25. The number of aryl methyl sites for hydroxylation is 3. The van der Waals surface area contributed by atoms with E-state index in [1.165, 1.54) is 11.1 Å². The summed E-state index contributed by atoms with van der Waals surface area (Å²) in [5.41, 5.74) is 2.38. The van der Waals surface area contributed by atoms with Gasteiger partial charge < -0.3 is 10.6 Å². The number of tetrazole rings is 1. The van der Waals surface area contributed by atoms with E-state index in [1.54, 1.807) is 11.7 Å². The molecule has 10 nitrogen and oxygen atoms in total. The standard InChI is InChI=1S/C16H21N9O/c1-5-25-15(17-9-18-25)11(3)19-16(26)20-13-8-12(7-6-10(13)2)14-21-23-24(4)22-14/h6-9,11H,5H2,1-4H3,(H2,19,20,26)/t11-/m1/s1. The summed E-state index contributed by atoms with van der Waals surface area (Å²) in [5.74, 6) is 1.21. The van der Waals surface area contributed by atoms with Crippen LogP contribution in [0, 0.1) is 6.92 Å². The van der Waals surface area contributed by atoms with Crippen LogP contribution < -0.4 is 10.6 Å². The van der Waals surface area contributed by atoms with Crippen molar-refractivity contribution < 1.29 is 4.79 Å². The minimum atomic E-state index is -0.324. The summed E-state index contributed by atoms with van der Waals surface area (Å²) in [5, 5.41) is 21.9. The third-order valence-electron chi connectivity index (χ3n) is 3.93. The van der Waals surface area contributed by atoms with Crippen LogP contribution in [0.4, 0.5) is 10.5 Å². The predicted molar refractivity (Wildman–Crippen MR) is 95.2 cm³/mol. The number of carbonyl (C=O) groups excluding carboxylic acids is 1. The summed E-state index contributed by atoms with van der Waals surface area (Å²) in [6.45, 7) is 6.44. The largest absolute Gasteiger partial charge is 0.328 e. The Bertz CT molecular complexity index is 914. The van der Waals surface area contributed by atoms with Crippen LogP contribution in [0.25, 0.3) is 11.4 Å². The van der Waals surface area contributed by atoms with Gasteiger partial charge in [-0.2, -0.15) is 9.90 Å². The fourth-order valence-electron chi connectivity index (χ4n) is 2.57. The Kier molecular flexibility index (Phi) is 4.92. The van der Waals surface area contributed by atoms with E-state index in [1.807, 2.05) is 39.0 Å². The van der Waals surface area contributed by atoms with E-state index in [4.69, 9.17) is 0 Å². The fraction of sp³-hybridized carbons (Fsp3) is 0.375. The second-order valence-electron chi connectivity index (χ2n) is 5.89. The number of amides is 2. The molecule has 0 spiro atoms. The zero-order valence-corrected chi connectivity index (χ0v) is 15.1. The summed E-state index contributed by atoms with van der Waals surface area (Å²) in [6.07, 6.45) is 1.48. The van der Waals surface area contributed by atoms with Crippen molar-refractivity contribution in [2.45, 2.75) is 33.4 Å². The van der Waals surface area contributed by atoms with Crippen molar-refractivity contribution in [3.8, 4) is 11.4 Å². The van der Waals surface area contributed by atoms with Crippen LogP contribution in [0.1, 0.15) is 31.3 Å². The summed E-state index contributed by atoms with van der Waals surface area (Å²) in [6, 6.07) is 5.02. The first kappa shape index (κ1) is 17.5. The van der Waals surface area contributed by atoms with Gasteiger partial charge in [0.05, 0.1) is 13.1 Å². The maximum Gasteiger partial charge on any atom is 0.319 e. The molecule has 3 rings (SSSR count). The van der Waals surface area contributed by atoms with Crippen molar-refractivity contribution in [2.75, 3.05) is 5.32 Å². The monoisotopic (exact) mass is 355 g/mol. The molecule has 0 aliphatic heterocycles. The summed E-state index contributed by atoms with van der Waals surface area (Å²) < 4.78 is 1.75. The highest BCUT2D eigenvalue weighted by atomic mass is 16.2. The number of aromatic nitrogens is 7. The number of nitrogens with one attached hydrogen (secondary N) is 2. The van der Waals surface area contributed by atoms with Gasteiger partial charge in [-0.05, 0) is 37.6 Å². The van der Waals surface area contributed by atoms with Gasteiger partial charge in [-0.1, -0.05) is 12.1 Å². The third-order valence-corrected chi connectivity index (χ3v) is 3.93. The van der Waals surface area contributed by atoms with E-state index in [2.05, 4.69) is 36.1 Å². The van der Waals surface area contributed by atoms with E-state index in [0.29, 0.717) is 23.9 Å². The lowest BCUT2D eigenvalue weighted by atomic mass is 10.1. The van der Waals surface area contributed by atoms with Crippen LogP contribution in [0.15, 0.2) is 24.5 Å². The smallest absolute Gasteiger partial charge is 0.319 e. The first-order valence-corrected chi connectivity index (χ1v) is 8.28. The van der Waals surface area contributed by atoms with Crippen molar-refractivity contribution in [1.82, 2.24) is 40.3 Å². The van der Waals surface area contributed by atoms with Crippen molar-refractivity contribution in [2.24, 2.45) is 7.05 Å². The van der Waals surface area contributed by atoms with Gasteiger partial charge in [-0.15, -0.1) is 10.2 Å². The summed E-state index contributed by atoms with van der Waals surface area (Å²) in [4.78, 5) is 18.0. The van der Waals surface area contributed by atoms with Gasteiger partial charge in [0.2, 0.25) is 5.82 Å². The second-order valence-corrected chi connectivity index (χ2v) is 5.89. The molecule has 0 unspecified atom stereocenters. The Morgan fingerprint density at radius 1 is 1.35 bits per heavy atom. The van der Waals surface area contributed by atoms with E-state index in [-0.39, 0.29) is 12.1 Å². The molecule has 0 fully saturated rings. The Balaban J connectivity index is 1.73. The van der Waals surface area contributed by atoms with E-state index < -0.39 is 0 Å². The number of anilines is 1. The van der Waals surface area contributed by atoms with E-state index >= 15 is 0 Å². The molecule has 0 aliphatic rings. The molecule has 2 heterocycles. The molecule has 10 heteroatoms. The van der Waals surface area contributed by atoms with E-state index in [9.17, 15) is 4.79 Å². The molecule has 1 atom stereocenters. The first-order chi connectivity index (χ1) is 12.5. The summed E-state index contributed by atoms with van der Waals surface area (Å²) >= 11 is 0. The molecular formula is C16H21N9O. The maximum atomic E-state index is 12.4. The molecule has 2 aromatic heterocycles. The normalized spacial score (nSPS) is 12.0. The number of hydrogen-bond donors (Lipinski definition) is 2. The van der Waals surface area contributed by atoms with Crippen LogP contribution in [0.3, 0.4) is 0 Å². The number of benzene rings is 1. The lowest BCUT2D eigenvalue weighted by Gasteiger charge is -2.16. The molecule has 0 aliphatic carbocycles. The Morgan fingerprint density at radius 2 is 2.15 bits per heavy atom. The zero-order valence-electron chi connectivity index (χ0n) is 15.1. The lowest BCUT2D eigenvalue weighted by Crippen LogP contribution is -2.32. The quantitative estimate of drug-likeness (QED) is 0.719. The van der Waals surface area contributed by atoms with Gasteiger partial charge in [0, 0.05) is 17.8 Å². The minimum Gasteiger partial charge on any atom is -0.328 e. The lowest BCUT2D eigenvalue weighted by molar-refractivity contribution is 0.248. The van der Waals surface area contributed by atoms with Crippen LogP contribution in [0.2, 0.25) is 0 Å². The summed E-state index contributed by atoms with van der Waals surface area (Å²) in [7, 11) is 1.70. The Morgan fingerprint density at radius 3 is 2.85 bits per heavy atom. The van der Waals surface area contributed by atoms with E-state index in [0.717, 1.165) is 11.1 Å². The highest BCUT2D eigenvalue weighted by Gasteiger charge is 2.16. The second kappa shape index (κ2) is 7.30. The SMILES string of the molecule is CCn1ncnc1[C@@H](C)NC(=O)Nc1cc(-c2nnn(C)n2)ccc1C. The Hall–Kier alpha value is -3.30. The number of hydrogen-bond acceptors (Lipinski definition) is 6. The number of rotatable bonds is 5. The van der Waals surface area contributed by atoms with Crippen LogP contribution in [-0.2, 0) is 13.6 Å². The van der Waals surface area contributed by atoms with Crippen LogP contribution >= 0.6 is 0 Å². The predicted octanol–water partition coefficient (Wildman–Crippen LogP) is 1.68. The van der Waals surface area contributed by atoms with Gasteiger partial charge in [0.1, 0.15) is 12.2 Å². The first-order valence-electron chi connectivity index (χ1n) is 8.28. The number of nitrogens with zero attached hydrogens (tertiary/aromatic N) is 7. The zero-order chi connectivity index (χ0) is 18.7. The van der Waals surface area contributed by atoms with Crippen molar-refractivity contribution in [3.05, 3.63) is 35.9 Å². The van der Waals surface area contributed by atoms with Crippen molar-refractivity contribution in [3.63, 3.8) is 0 Å². The highest BCUT2D eigenvalue weighted by Crippen LogP contribution is 2.22. The molecule has 0 bridgehead atoms. The van der Waals surface area contributed by atoms with Crippen molar-refractivity contribution >= 4 is 11.7 Å². The Labute approximate surface area is 150 Å². The highest BCUT2D eigenvalue weighted by molar-refractivity contribution is 5.91. The maximum absolute atomic E-state index is 12.4. The van der Waals surface area contributed by atoms with Crippen LogP contribution in [-0.4, -0.2) is 41.0 Å². The van der Waals surface area contributed by atoms with Gasteiger partial charge >= 0.3 is 6.03 Å². The molecule has 3 aromatic rings. The molecule has 136 valence electrons. The van der Waals surface area contributed by atoms with Gasteiger partial charge in [0.25, 0.3) is 0 Å². The van der Waals surface area contributed by atoms with Crippen LogP contribution in [0.5, 0.6) is 0 Å². The average molecular weight is 355 g/mol. The number of urea groups is 1. The molecule has 26 heavy (non-hydrogen) atoms. The minimum absolute atomic E-state index is 0.275. The van der Waals surface area contributed by atoms with Gasteiger partial charge in [-0.3, -0.25) is 0 Å². The number of carbonyl (C=O) groups is 1. The third kappa shape index (κ3) is 3.68. The molecule has 2 amide bonds. The molecule has 0 saturated heterocycles. The molecule has 0 saturated carbocycles. The van der Waals surface area contributed by atoms with Gasteiger partial charge in [0.15, 0.2) is 0 Å². The molecular weight excluding hydrogens is 334 g/mol. The van der Waals surface area contributed by atoms with Crippen molar-refractivity contribution in [1.29, 1.82) is 0 Å². The fourth-order valence-corrected chi connectivity index (χ4v) is 2.57. The van der Waals surface area contributed by atoms with Gasteiger partial charge in [-0.25, -0.2) is 14.5 Å².